The van der Waals surface area contributed by atoms with Crippen molar-refractivity contribution < 1.29 is 28.7 Å². The Labute approximate surface area is 176 Å². The third kappa shape index (κ3) is 4.91. The van der Waals surface area contributed by atoms with Crippen molar-refractivity contribution in [3.8, 4) is 11.5 Å². The number of fused-ring (bicyclic) bond motifs is 1. The van der Waals surface area contributed by atoms with Gasteiger partial charge in [0.15, 0.2) is 18.0 Å². The number of anilines is 1. The lowest BCUT2D eigenvalue weighted by Gasteiger charge is -2.34. The minimum absolute atomic E-state index is 0.0885. The molecule has 2 N–H and O–H groups in total. The van der Waals surface area contributed by atoms with Crippen molar-refractivity contribution >= 4 is 17.6 Å². The van der Waals surface area contributed by atoms with Gasteiger partial charge in [-0.1, -0.05) is 12.1 Å². The largest absolute Gasteiger partial charge is 0.493 e. The topological polar surface area (TPSA) is 78.3 Å². The Hall–Kier alpha value is -3.06. The Balaban J connectivity index is 1.85. The second kappa shape index (κ2) is 9.63. The van der Waals surface area contributed by atoms with Gasteiger partial charge in [0.05, 0.1) is 27.9 Å². The summed E-state index contributed by atoms with van der Waals surface area (Å²) in [4.78, 5) is 25.9. The van der Waals surface area contributed by atoms with Crippen LogP contribution in [0.2, 0.25) is 0 Å². The molecule has 7 nitrogen and oxygen atoms in total. The molecular weight excluding hydrogens is 384 g/mol. The molecule has 1 unspecified atom stereocenters. The summed E-state index contributed by atoms with van der Waals surface area (Å²) < 4.78 is 15.8. The van der Waals surface area contributed by atoms with Crippen molar-refractivity contribution in [2.24, 2.45) is 0 Å². The maximum Gasteiger partial charge on any atom is 0.311 e. The number of ether oxygens (including phenoxy) is 3. The van der Waals surface area contributed by atoms with E-state index in [0.717, 1.165) is 40.2 Å². The monoisotopic (exact) mass is 413 g/mol. The number of nitrogens with one attached hydrogen (secondary N) is 2. The first-order chi connectivity index (χ1) is 14.4. The Kier molecular flexibility index (Phi) is 6.95. The summed E-state index contributed by atoms with van der Waals surface area (Å²) in [6.45, 7) is 2.96. The fraction of sp³-hybridized carbons (Fsp3) is 0.391. The van der Waals surface area contributed by atoms with E-state index in [2.05, 4.69) is 5.32 Å². The maximum absolute atomic E-state index is 12.7. The van der Waals surface area contributed by atoms with Crippen LogP contribution in [-0.4, -0.2) is 46.3 Å². The standard InChI is InChI=1S/C23H28N2O5/c1-15-6-5-7-17(10-15)24-22(26)14-25-9-8-16-11-20(28-2)21(29-3)12-18(16)19(25)13-23(27)30-4/h5-7,10-12,19H,8-9,13-14H2,1-4H3,(H,24,26)/p+1/t19-/m1/s1. The zero-order valence-corrected chi connectivity index (χ0v) is 17.9. The molecule has 160 valence electrons. The minimum Gasteiger partial charge on any atom is -0.493 e. The summed E-state index contributed by atoms with van der Waals surface area (Å²) in [7, 11) is 4.57. The number of carbonyl (C=O) groups is 2. The lowest BCUT2D eigenvalue weighted by molar-refractivity contribution is -0.925. The van der Waals surface area contributed by atoms with Gasteiger partial charge in [0.2, 0.25) is 0 Å². The fourth-order valence-corrected chi connectivity index (χ4v) is 4.02. The number of benzene rings is 2. The molecule has 1 aliphatic heterocycles. The number of methoxy groups -OCH3 is 3. The average Bonchev–Trinajstić information content (AvgIpc) is 2.74. The number of amides is 1. The molecular formula is C23H29N2O5+. The van der Waals surface area contributed by atoms with Crippen molar-refractivity contribution in [3.63, 3.8) is 0 Å². The minimum atomic E-state index is -0.306. The zero-order chi connectivity index (χ0) is 21.7. The highest BCUT2D eigenvalue weighted by molar-refractivity contribution is 5.91. The molecule has 2 atom stereocenters. The van der Waals surface area contributed by atoms with Crippen LogP contribution in [0.15, 0.2) is 36.4 Å². The van der Waals surface area contributed by atoms with E-state index in [1.54, 1.807) is 14.2 Å². The van der Waals surface area contributed by atoms with E-state index in [-0.39, 0.29) is 30.9 Å². The van der Waals surface area contributed by atoms with E-state index < -0.39 is 0 Å². The van der Waals surface area contributed by atoms with E-state index in [0.29, 0.717) is 11.5 Å². The van der Waals surface area contributed by atoms with Crippen LogP contribution >= 0.6 is 0 Å². The van der Waals surface area contributed by atoms with Gasteiger partial charge in [0.1, 0.15) is 12.5 Å². The van der Waals surface area contributed by atoms with Gasteiger partial charge in [0.25, 0.3) is 5.91 Å². The molecule has 0 saturated carbocycles. The Morgan fingerprint density at radius 2 is 1.83 bits per heavy atom. The average molecular weight is 413 g/mol. The molecule has 3 rings (SSSR count). The lowest BCUT2D eigenvalue weighted by Crippen LogP contribution is -3.14. The van der Waals surface area contributed by atoms with Crippen LogP contribution in [0.25, 0.3) is 0 Å². The molecule has 1 amide bonds. The van der Waals surface area contributed by atoms with Crippen molar-refractivity contribution in [3.05, 3.63) is 53.1 Å². The summed E-state index contributed by atoms with van der Waals surface area (Å²) in [5.41, 5.74) is 3.94. The molecule has 0 saturated heterocycles. The molecule has 1 heterocycles. The van der Waals surface area contributed by atoms with Crippen LogP contribution in [0.5, 0.6) is 11.5 Å². The molecule has 0 spiro atoms. The van der Waals surface area contributed by atoms with E-state index in [9.17, 15) is 9.59 Å². The summed E-state index contributed by atoms with van der Waals surface area (Å²) in [5, 5.41) is 2.96. The Bertz CT molecular complexity index is 928. The predicted octanol–water partition coefficient (Wildman–Crippen LogP) is 1.70. The molecule has 0 radical (unpaired) electrons. The number of esters is 1. The van der Waals surface area contributed by atoms with E-state index in [1.807, 2.05) is 43.3 Å². The Morgan fingerprint density at radius 1 is 1.10 bits per heavy atom. The first-order valence-corrected chi connectivity index (χ1v) is 9.97. The van der Waals surface area contributed by atoms with Crippen molar-refractivity contribution in [1.82, 2.24) is 0 Å². The summed E-state index contributed by atoms with van der Waals surface area (Å²) >= 11 is 0. The molecule has 0 bridgehead atoms. The zero-order valence-electron chi connectivity index (χ0n) is 17.9. The smallest absolute Gasteiger partial charge is 0.311 e. The summed E-state index contributed by atoms with van der Waals surface area (Å²) in [5.74, 6) is 0.874. The van der Waals surface area contributed by atoms with Crippen molar-refractivity contribution in [2.75, 3.05) is 39.7 Å². The molecule has 2 aromatic rings. The fourth-order valence-electron chi connectivity index (χ4n) is 4.02. The second-order valence-corrected chi connectivity index (χ2v) is 7.49. The van der Waals surface area contributed by atoms with Crippen LogP contribution in [0, 0.1) is 6.92 Å². The van der Waals surface area contributed by atoms with E-state index >= 15 is 0 Å². The number of aryl methyl sites for hydroxylation is 1. The van der Waals surface area contributed by atoms with Gasteiger partial charge in [-0.2, -0.15) is 0 Å². The summed E-state index contributed by atoms with van der Waals surface area (Å²) in [6, 6.07) is 11.4. The van der Waals surface area contributed by atoms with Crippen LogP contribution < -0.4 is 19.7 Å². The quantitative estimate of drug-likeness (QED) is 0.676. The third-order valence-electron chi connectivity index (χ3n) is 5.52. The number of hydrogen-bond donors (Lipinski definition) is 2. The number of hydrogen-bond acceptors (Lipinski definition) is 5. The van der Waals surface area contributed by atoms with Gasteiger partial charge in [-0.25, -0.2) is 0 Å². The van der Waals surface area contributed by atoms with Crippen LogP contribution in [0.3, 0.4) is 0 Å². The highest BCUT2D eigenvalue weighted by Crippen LogP contribution is 2.35. The van der Waals surface area contributed by atoms with Gasteiger partial charge in [-0.05, 0) is 42.3 Å². The first-order valence-electron chi connectivity index (χ1n) is 9.97. The van der Waals surface area contributed by atoms with Crippen molar-refractivity contribution in [1.29, 1.82) is 0 Å². The normalized spacial score (nSPS) is 17.6. The number of rotatable bonds is 7. The molecule has 0 fully saturated rings. The van der Waals surface area contributed by atoms with Gasteiger partial charge >= 0.3 is 5.97 Å². The molecule has 1 aliphatic rings. The van der Waals surface area contributed by atoms with Crippen LogP contribution in [-0.2, 0) is 20.7 Å². The highest BCUT2D eigenvalue weighted by Gasteiger charge is 2.35. The highest BCUT2D eigenvalue weighted by atomic mass is 16.5. The SMILES string of the molecule is COC(=O)C[C@@H]1c2cc(OC)c(OC)cc2CC[NH+]1CC(=O)Nc1cccc(C)c1. The number of carbonyl (C=O) groups excluding carboxylic acids is 2. The van der Waals surface area contributed by atoms with E-state index in [4.69, 9.17) is 14.2 Å². The molecule has 7 heteroatoms. The van der Waals surface area contributed by atoms with Gasteiger partial charge < -0.3 is 24.4 Å². The number of quaternary nitrogens is 1. The summed E-state index contributed by atoms with van der Waals surface area (Å²) in [6.07, 6.45) is 0.965. The molecule has 0 aromatic heterocycles. The first kappa shape index (κ1) is 21.6. The van der Waals surface area contributed by atoms with E-state index in [1.165, 1.54) is 7.11 Å². The molecule has 2 aromatic carbocycles. The Morgan fingerprint density at radius 3 is 2.50 bits per heavy atom. The molecule has 30 heavy (non-hydrogen) atoms. The van der Waals surface area contributed by atoms with Crippen LogP contribution in [0.4, 0.5) is 5.69 Å². The van der Waals surface area contributed by atoms with Gasteiger partial charge in [-0.15, -0.1) is 0 Å². The van der Waals surface area contributed by atoms with Crippen molar-refractivity contribution in [2.45, 2.75) is 25.8 Å². The van der Waals surface area contributed by atoms with Gasteiger partial charge in [0, 0.05) is 17.7 Å². The lowest BCUT2D eigenvalue weighted by atomic mass is 9.90. The third-order valence-corrected chi connectivity index (χ3v) is 5.52. The predicted molar refractivity (Wildman–Crippen MR) is 113 cm³/mol. The molecule has 0 aliphatic carbocycles. The van der Waals surface area contributed by atoms with Gasteiger partial charge in [-0.3, -0.25) is 9.59 Å². The maximum atomic E-state index is 12.7. The van der Waals surface area contributed by atoms with Crippen LogP contribution in [0.1, 0.15) is 29.2 Å². The second-order valence-electron chi connectivity index (χ2n) is 7.49.